The molecule has 7 heteroatoms. The second-order valence-corrected chi connectivity index (χ2v) is 6.17. The summed E-state index contributed by atoms with van der Waals surface area (Å²) in [6, 6.07) is 15.9. The molecular weight excluding hydrogens is 361 g/mol. The third kappa shape index (κ3) is 4.49. The molecule has 0 bridgehead atoms. The maximum atomic E-state index is 14.1. The number of benzene rings is 2. The van der Waals surface area contributed by atoms with E-state index in [1.54, 1.807) is 35.8 Å². The van der Waals surface area contributed by atoms with Crippen LogP contribution in [0.25, 0.3) is 10.9 Å². The van der Waals surface area contributed by atoms with Crippen molar-refractivity contribution in [1.29, 1.82) is 0 Å². The molecule has 0 spiro atoms. The van der Waals surface area contributed by atoms with Gasteiger partial charge in [-0.3, -0.25) is 4.79 Å². The number of aromatic nitrogens is 1. The summed E-state index contributed by atoms with van der Waals surface area (Å²) in [7, 11) is 0. The lowest BCUT2D eigenvalue weighted by molar-refractivity contribution is 0.0944. The molecule has 1 heterocycles. The van der Waals surface area contributed by atoms with E-state index in [-0.39, 0.29) is 38.0 Å². The lowest BCUT2D eigenvalue weighted by Gasteiger charge is -2.12. The minimum Gasteiger partial charge on any atom is -0.450 e. The fraction of sp³-hybridized carbons (Fsp3) is 0.238. The van der Waals surface area contributed by atoms with E-state index in [0.717, 1.165) is 10.9 Å². The Hall–Kier alpha value is -3.35. The maximum Gasteiger partial charge on any atom is 0.407 e. The van der Waals surface area contributed by atoms with E-state index in [2.05, 4.69) is 10.6 Å². The molecular formula is C21H22FN3O3. The minimum absolute atomic E-state index is 0.240. The van der Waals surface area contributed by atoms with Crippen molar-refractivity contribution in [2.45, 2.75) is 13.5 Å². The van der Waals surface area contributed by atoms with Crippen molar-refractivity contribution in [3.8, 4) is 0 Å². The molecule has 28 heavy (non-hydrogen) atoms. The van der Waals surface area contributed by atoms with E-state index in [1.807, 2.05) is 24.3 Å². The molecule has 0 aliphatic carbocycles. The number of ether oxygens (including phenoxy) is 1. The normalized spacial score (nSPS) is 10.6. The molecule has 0 atom stereocenters. The summed E-state index contributed by atoms with van der Waals surface area (Å²) < 4.78 is 20.7. The molecule has 0 saturated heterocycles. The van der Waals surface area contributed by atoms with Crippen molar-refractivity contribution in [3.63, 3.8) is 0 Å². The molecule has 0 radical (unpaired) electrons. The second kappa shape index (κ2) is 9.03. The first-order valence-electron chi connectivity index (χ1n) is 9.10. The maximum absolute atomic E-state index is 14.1. The molecule has 146 valence electrons. The van der Waals surface area contributed by atoms with Crippen LogP contribution in [0.5, 0.6) is 0 Å². The molecule has 0 fully saturated rings. The number of hydrogen-bond acceptors (Lipinski definition) is 3. The number of alkyl carbamates (subject to hydrolysis) is 1. The second-order valence-electron chi connectivity index (χ2n) is 6.17. The average Bonchev–Trinajstić information content (AvgIpc) is 3.06. The summed E-state index contributed by atoms with van der Waals surface area (Å²) in [5, 5.41) is 6.22. The molecule has 6 nitrogen and oxygen atoms in total. The summed E-state index contributed by atoms with van der Waals surface area (Å²) in [4.78, 5) is 24.0. The fourth-order valence-electron chi connectivity index (χ4n) is 2.98. The summed E-state index contributed by atoms with van der Waals surface area (Å²) in [6.07, 6.45) is -0.523. The number of para-hydroxylation sites is 1. The highest BCUT2D eigenvalue weighted by Crippen LogP contribution is 2.22. The first kappa shape index (κ1) is 19.4. The van der Waals surface area contributed by atoms with Gasteiger partial charge in [0.05, 0.1) is 13.2 Å². The Labute approximate surface area is 162 Å². The highest BCUT2D eigenvalue weighted by molar-refractivity contribution is 5.98. The van der Waals surface area contributed by atoms with Crippen molar-refractivity contribution >= 4 is 22.9 Å². The summed E-state index contributed by atoms with van der Waals surface area (Å²) >= 11 is 0. The van der Waals surface area contributed by atoms with Crippen LogP contribution in [0, 0.1) is 5.82 Å². The number of carbonyl (C=O) groups is 2. The third-order valence-electron chi connectivity index (χ3n) is 4.28. The van der Waals surface area contributed by atoms with Crippen LogP contribution in [0.15, 0.2) is 54.6 Å². The largest absolute Gasteiger partial charge is 0.450 e. The number of nitrogens with one attached hydrogen (secondary N) is 2. The number of rotatable bonds is 7. The molecule has 0 unspecified atom stereocenters. The standard InChI is InChI=1S/C21H22FN3O3/c1-2-28-21(27)24-12-11-23-20(26)19-13-15-7-4-6-10-18(15)25(19)14-16-8-3-5-9-17(16)22/h3-10,13H,2,11-12,14H2,1H3,(H,23,26)(H,24,27). The molecule has 0 aliphatic rings. The van der Waals surface area contributed by atoms with E-state index in [1.165, 1.54) is 6.07 Å². The van der Waals surface area contributed by atoms with Gasteiger partial charge in [-0.1, -0.05) is 36.4 Å². The minimum atomic E-state index is -0.523. The van der Waals surface area contributed by atoms with Gasteiger partial charge in [-0.25, -0.2) is 9.18 Å². The molecule has 2 N–H and O–H groups in total. The monoisotopic (exact) mass is 383 g/mol. The molecule has 3 rings (SSSR count). The zero-order chi connectivity index (χ0) is 19.9. The van der Waals surface area contributed by atoms with Crippen LogP contribution in [0.2, 0.25) is 0 Å². The smallest absolute Gasteiger partial charge is 0.407 e. The van der Waals surface area contributed by atoms with E-state index in [9.17, 15) is 14.0 Å². The zero-order valence-electron chi connectivity index (χ0n) is 15.6. The van der Waals surface area contributed by atoms with E-state index < -0.39 is 6.09 Å². The summed E-state index contributed by atoms with van der Waals surface area (Å²) in [6.45, 7) is 2.74. The highest BCUT2D eigenvalue weighted by atomic mass is 19.1. The van der Waals surface area contributed by atoms with Crippen LogP contribution < -0.4 is 10.6 Å². The van der Waals surface area contributed by atoms with Crippen molar-refractivity contribution < 1.29 is 18.7 Å². The molecule has 2 amide bonds. The van der Waals surface area contributed by atoms with E-state index in [0.29, 0.717) is 11.3 Å². The van der Waals surface area contributed by atoms with Crippen molar-refractivity contribution in [3.05, 3.63) is 71.7 Å². The van der Waals surface area contributed by atoms with Gasteiger partial charge in [-0.15, -0.1) is 0 Å². The number of halogens is 1. The Morgan fingerprint density at radius 2 is 1.75 bits per heavy atom. The summed E-state index contributed by atoms with van der Waals surface area (Å²) in [5.41, 5.74) is 1.78. The van der Waals surface area contributed by atoms with Crippen LogP contribution in [-0.4, -0.2) is 36.3 Å². The Bertz CT molecular complexity index is 984. The number of nitrogens with zero attached hydrogens (tertiary/aromatic N) is 1. The van der Waals surface area contributed by atoms with Gasteiger partial charge in [0.1, 0.15) is 11.5 Å². The van der Waals surface area contributed by atoms with Crippen LogP contribution in [0.1, 0.15) is 23.0 Å². The SMILES string of the molecule is CCOC(=O)NCCNC(=O)c1cc2ccccc2n1Cc1ccccc1F. The Kier molecular flexibility index (Phi) is 6.26. The summed E-state index contributed by atoms with van der Waals surface area (Å²) in [5.74, 6) is -0.608. The molecule has 0 aliphatic heterocycles. The topological polar surface area (TPSA) is 72.4 Å². The predicted molar refractivity (Wildman–Crippen MR) is 105 cm³/mol. The lowest BCUT2D eigenvalue weighted by atomic mass is 10.2. The molecule has 0 saturated carbocycles. The van der Waals surface area contributed by atoms with Crippen molar-refractivity contribution in [2.24, 2.45) is 0 Å². The van der Waals surface area contributed by atoms with Crippen LogP contribution in [-0.2, 0) is 11.3 Å². The van der Waals surface area contributed by atoms with Gasteiger partial charge in [0.2, 0.25) is 0 Å². The van der Waals surface area contributed by atoms with Crippen molar-refractivity contribution in [2.75, 3.05) is 19.7 Å². The van der Waals surface area contributed by atoms with Crippen LogP contribution >= 0.6 is 0 Å². The molecule has 3 aromatic rings. The number of amides is 2. The van der Waals surface area contributed by atoms with Gasteiger partial charge in [-0.05, 0) is 25.1 Å². The van der Waals surface area contributed by atoms with Gasteiger partial charge >= 0.3 is 6.09 Å². The first-order chi connectivity index (χ1) is 13.6. The Balaban J connectivity index is 1.77. The number of carbonyl (C=O) groups excluding carboxylic acids is 2. The number of fused-ring (bicyclic) bond motifs is 1. The van der Waals surface area contributed by atoms with Crippen LogP contribution in [0.4, 0.5) is 9.18 Å². The number of hydrogen-bond donors (Lipinski definition) is 2. The fourth-order valence-corrected chi connectivity index (χ4v) is 2.98. The van der Waals surface area contributed by atoms with E-state index in [4.69, 9.17) is 4.74 Å². The van der Waals surface area contributed by atoms with E-state index >= 15 is 0 Å². The Morgan fingerprint density at radius 3 is 2.54 bits per heavy atom. The van der Waals surface area contributed by atoms with Crippen molar-refractivity contribution in [1.82, 2.24) is 15.2 Å². The van der Waals surface area contributed by atoms with Gasteiger partial charge in [0.25, 0.3) is 5.91 Å². The van der Waals surface area contributed by atoms with Gasteiger partial charge < -0.3 is 19.9 Å². The molecule has 1 aromatic heterocycles. The van der Waals surface area contributed by atoms with Gasteiger partial charge in [0.15, 0.2) is 0 Å². The zero-order valence-corrected chi connectivity index (χ0v) is 15.6. The van der Waals surface area contributed by atoms with Gasteiger partial charge in [-0.2, -0.15) is 0 Å². The highest BCUT2D eigenvalue weighted by Gasteiger charge is 2.16. The Morgan fingerprint density at radius 1 is 1.04 bits per heavy atom. The quantitative estimate of drug-likeness (QED) is 0.615. The third-order valence-corrected chi connectivity index (χ3v) is 4.28. The molecule has 2 aromatic carbocycles. The average molecular weight is 383 g/mol. The van der Waals surface area contributed by atoms with Gasteiger partial charge in [0, 0.05) is 29.6 Å². The lowest BCUT2D eigenvalue weighted by Crippen LogP contribution is -2.35. The predicted octanol–water partition coefficient (Wildman–Crippen LogP) is 3.30. The van der Waals surface area contributed by atoms with Crippen LogP contribution in [0.3, 0.4) is 0 Å². The first-order valence-corrected chi connectivity index (χ1v) is 9.10.